The van der Waals surface area contributed by atoms with E-state index in [9.17, 15) is 5.11 Å². The van der Waals surface area contributed by atoms with Gasteiger partial charge in [0.1, 0.15) is 0 Å². The van der Waals surface area contributed by atoms with Gasteiger partial charge in [-0.1, -0.05) is 29.8 Å². The number of hydrogen-bond acceptors (Lipinski definition) is 2. The molecule has 0 bridgehead atoms. The van der Waals surface area contributed by atoms with E-state index in [2.05, 4.69) is 15.9 Å². The zero-order valence-corrected chi connectivity index (χ0v) is 11.5. The maximum absolute atomic E-state index is 10.1. The average Bonchev–Trinajstić information content (AvgIpc) is 2.68. The maximum Gasteiger partial charge on any atom is 0.0849 e. The minimum absolute atomic E-state index is 0.513. The molecule has 1 heterocycles. The summed E-state index contributed by atoms with van der Waals surface area (Å²) in [5.74, 6) is 0. The molecule has 2 rings (SSSR count). The van der Waals surface area contributed by atoms with Crippen LogP contribution in [0.4, 0.5) is 0 Å². The van der Waals surface area contributed by atoms with Gasteiger partial charge in [0.05, 0.1) is 6.10 Å². The van der Waals surface area contributed by atoms with Crippen molar-refractivity contribution in [2.24, 2.45) is 0 Å². The third kappa shape index (κ3) is 2.66. The SMILES string of the molecule is OC(Cc1ccccc1Cl)c1cscc1Br. The third-order valence-corrected chi connectivity index (χ3v) is 4.49. The van der Waals surface area contributed by atoms with Crippen LogP contribution in [0, 0.1) is 0 Å². The lowest BCUT2D eigenvalue weighted by molar-refractivity contribution is 0.178. The second kappa shape index (κ2) is 5.32. The first-order valence-electron chi connectivity index (χ1n) is 4.81. The van der Waals surface area contributed by atoms with E-state index >= 15 is 0 Å². The molecule has 0 fully saturated rings. The molecule has 1 nitrogen and oxygen atoms in total. The molecule has 1 aromatic heterocycles. The van der Waals surface area contributed by atoms with Gasteiger partial charge >= 0.3 is 0 Å². The van der Waals surface area contributed by atoms with Crippen molar-refractivity contribution in [3.63, 3.8) is 0 Å². The summed E-state index contributed by atoms with van der Waals surface area (Å²) in [6.45, 7) is 0. The molecule has 0 saturated carbocycles. The van der Waals surface area contributed by atoms with Crippen molar-refractivity contribution in [3.05, 3.63) is 55.6 Å². The van der Waals surface area contributed by atoms with Gasteiger partial charge in [-0.05, 0) is 32.9 Å². The molecular formula is C12H10BrClOS. The van der Waals surface area contributed by atoms with Crippen LogP contribution >= 0.6 is 38.9 Å². The topological polar surface area (TPSA) is 20.2 Å². The van der Waals surface area contributed by atoms with Crippen LogP contribution < -0.4 is 0 Å². The van der Waals surface area contributed by atoms with Crippen LogP contribution in [0.3, 0.4) is 0 Å². The van der Waals surface area contributed by atoms with Crippen LogP contribution in [0.15, 0.2) is 39.5 Å². The molecule has 1 atom stereocenters. The molecular weight excluding hydrogens is 308 g/mol. The van der Waals surface area contributed by atoms with Crippen LogP contribution in [-0.4, -0.2) is 5.11 Å². The Kier molecular flexibility index (Phi) is 4.03. The third-order valence-electron chi connectivity index (χ3n) is 2.37. The summed E-state index contributed by atoms with van der Waals surface area (Å²) in [5, 5.41) is 14.7. The quantitative estimate of drug-likeness (QED) is 0.887. The van der Waals surface area contributed by atoms with Crippen molar-refractivity contribution < 1.29 is 5.11 Å². The molecule has 0 aliphatic rings. The van der Waals surface area contributed by atoms with E-state index in [0.29, 0.717) is 11.4 Å². The predicted molar refractivity (Wildman–Crippen MR) is 72.1 cm³/mol. The highest BCUT2D eigenvalue weighted by atomic mass is 79.9. The van der Waals surface area contributed by atoms with Crippen molar-refractivity contribution in [3.8, 4) is 0 Å². The lowest BCUT2D eigenvalue weighted by atomic mass is 10.0. The molecule has 2 aromatic rings. The highest BCUT2D eigenvalue weighted by Crippen LogP contribution is 2.30. The van der Waals surface area contributed by atoms with E-state index in [1.165, 1.54) is 0 Å². The maximum atomic E-state index is 10.1. The number of benzene rings is 1. The lowest BCUT2D eigenvalue weighted by Gasteiger charge is -2.11. The molecule has 84 valence electrons. The zero-order chi connectivity index (χ0) is 11.5. The Bertz CT molecular complexity index is 483. The monoisotopic (exact) mass is 316 g/mol. The van der Waals surface area contributed by atoms with Gasteiger partial charge in [-0.25, -0.2) is 0 Å². The highest BCUT2D eigenvalue weighted by molar-refractivity contribution is 9.10. The van der Waals surface area contributed by atoms with Crippen molar-refractivity contribution in [1.82, 2.24) is 0 Å². The summed E-state index contributed by atoms with van der Waals surface area (Å²) in [6, 6.07) is 7.59. The Morgan fingerprint density at radius 3 is 2.69 bits per heavy atom. The Balaban J connectivity index is 2.17. The zero-order valence-electron chi connectivity index (χ0n) is 8.36. The van der Waals surface area contributed by atoms with E-state index in [1.807, 2.05) is 35.0 Å². The summed E-state index contributed by atoms with van der Waals surface area (Å²) in [6.07, 6.45) is 0.0233. The molecule has 16 heavy (non-hydrogen) atoms. The van der Waals surface area contributed by atoms with Crippen LogP contribution in [0.25, 0.3) is 0 Å². The van der Waals surface area contributed by atoms with Gasteiger partial charge in [0.15, 0.2) is 0 Å². The Hall–Kier alpha value is -0.350. The van der Waals surface area contributed by atoms with Crippen molar-refractivity contribution in [2.75, 3.05) is 0 Å². The first-order valence-corrected chi connectivity index (χ1v) is 6.93. The Labute approximate surface area is 112 Å². The molecule has 4 heteroatoms. The van der Waals surface area contributed by atoms with E-state index in [0.717, 1.165) is 15.6 Å². The number of halogens is 2. The van der Waals surface area contributed by atoms with Crippen LogP contribution in [0.2, 0.25) is 5.02 Å². The van der Waals surface area contributed by atoms with E-state index in [-0.39, 0.29) is 0 Å². The second-order valence-corrected chi connectivity index (χ2v) is 5.49. The lowest BCUT2D eigenvalue weighted by Crippen LogP contribution is -2.01. The van der Waals surface area contributed by atoms with Crippen LogP contribution in [0.5, 0.6) is 0 Å². The summed E-state index contributed by atoms with van der Waals surface area (Å²) in [5.41, 5.74) is 1.89. The minimum atomic E-state index is -0.513. The summed E-state index contributed by atoms with van der Waals surface area (Å²) < 4.78 is 0.956. The fraction of sp³-hybridized carbons (Fsp3) is 0.167. The number of hydrogen-bond donors (Lipinski definition) is 1. The van der Waals surface area contributed by atoms with Crippen molar-refractivity contribution in [1.29, 1.82) is 0 Å². The molecule has 0 spiro atoms. The van der Waals surface area contributed by atoms with Crippen molar-refractivity contribution >= 4 is 38.9 Å². The molecule has 0 aliphatic carbocycles. The fourth-order valence-electron chi connectivity index (χ4n) is 1.51. The van der Waals surface area contributed by atoms with Gasteiger partial charge in [0.25, 0.3) is 0 Å². The van der Waals surface area contributed by atoms with Gasteiger partial charge in [0, 0.05) is 26.9 Å². The molecule has 1 N–H and O–H groups in total. The Morgan fingerprint density at radius 2 is 2.06 bits per heavy atom. The van der Waals surface area contributed by atoms with E-state index < -0.39 is 6.10 Å². The minimum Gasteiger partial charge on any atom is -0.388 e. The highest BCUT2D eigenvalue weighted by Gasteiger charge is 2.14. The standard InChI is InChI=1S/C12H10BrClOS/c13-10-7-16-6-9(10)12(15)5-8-3-1-2-4-11(8)14/h1-4,6-7,12,15H,5H2. The van der Waals surface area contributed by atoms with Crippen LogP contribution in [-0.2, 0) is 6.42 Å². The van der Waals surface area contributed by atoms with Gasteiger partial charge in [-0.2, -0.15) is 11.3 Å². The summed E-state index contributed by atoms with van der Waals surface area (Å²) >= 11 is 11.0. The normalized spacial score (nSPS) is 12.7. The molecule has 0 radical (unpaired) electrons. The smallest absolute Gasteiger partial charge is 0.0849 e. The van der Waals surface area contributed by atoms with Crippen LogP contribution in [0.1, 0.15) is 17.2 Å². The first-order chi connectivity index (χ1) is 7.68. The molecule has 0 amide bonds. The van der Waals surface area contributed by atoms with Gasteiger partial charge in [-0.3, -0.25) is 0 Å². The number of aliphatic hydroxyl groups excluding tert-OH is 1. The predicted octanol–water partition coefficient (Wildman–Crippen LogP) is 4.44. The second-order valence-electron chi connectivity index (χ2n) is 3.49. The van der Waals surface area contributed by atoms with E-state index in [1.54, 1.807) is 11.3 Å². The van der Waals surface area contributed by atoms with E-state index in [4.69, 9.17) is 11.6 Å². The molecule has 0 aliphatic heterocycles. The average molecular weight is 318 g/mol. The van der Waals surface area contributed by atoms with Gasteiger partial charge in [-0.15, -0.1) is 0 Å². The molecule has 0 saturated heterocycles. The largest absolute Gasteiger partial charge is 0.388 e. The van der Waals surface area contributed by atoms with Gasteiger partial charge in [0.2, 0.25) is 0 Å². The number of thiophene rings is 1. The summed E-state index contributed by atoms with van der Waals surface area (Å²) in [4.78, 5) is 0. The first kappa shape index (κ1) is 12.1. The Morgan fingerprint density at radius 1 is 1.31 bits per heavy atom. The molecule has 1 aromatic carbocycles. The van der Waals surface area contributed by atoms with Crippen molar-refractivity contribution in [2.45, 2.75) is 12.5 Å². The molecule has 1 unspecified atom stereocenters. The number of aliphatic hydroxyl groups is 1. The summed E-state index contributed by atoms with van der Waals surface area (Å²) in [7, 11) is 0. The fourth-order valence-corrected chi connectivity index (χ4v) is 3.33. The van der Waals surface area contributed by atoms with Gasteiger partial charge < -0.3 is 5.11 Å². The number of rotatable bonds is 3.